The topological polar surface area (TPSA) is 75.6 Å². The van der Waals surface area contributed by atoms with Crippen molar-refractivity contribution in [2.45, 2.75) is 6.18 Å². The molecule has 2 N–H and O–H groups in total. The molecule has 1 aromatic carbocycles. The molecule has 16 heavy (non-hydrogen) atoms. The van der Waals surface area contributed by atoms with E-state index in [0.29, 0.717) is 0 Å². The maximum absolute atomic E-state index is 11.8. The second kappa shape index (κ2) is 4.37. The van der Waals surface area contributed by atoms with Crippen LogP contribution in [0, 0.1) is 5.21 Å². The lowest BCUT2D eigenvalue weighted by Gasteiger charge is -2.21. The fourth-order valence-electron chi connectivity index (χ4n) is 0.874. The van der Waals surface area contributed by atoms with E-state index in [1.54, 1.807) is 5.32 Å². The Morgan fingerprint density at radius 3 is 2.19 bits per heavy atom. The van der Waals surface area contributed by atoms with Gasteiger partial charge in [0.1, 0.15) is 0 Å². The summed E-state index contributed by atoms with van der Waals surface area (Å²) >= 11 is 0. The standard InChI is InChI=1S/C8H6F3N2O3/c9-8(10,11)7(14)12-5-1-3-6(4-2-5)13(15)16/h1-4,15H,(H,12,14)/q-1. The number of carbonyl (C=O) groups is 1. The Labute approximate surface area is 87.6 Å². The molecular formula is C8H6F3N2O3-. The van der Waals surface area contributed by atoms with Crippen LogP contribution in [-0.2, 0) is 4.79 Å². The molecule has 0 aliphatic carbocycles. The zero-order valence-electron chi connectivity index (χ0n) is 7.65. The van der Waals surface area contributed by atoms with Gasteiger partial charge in [0, 0.05) is 5.69 Å². The van der Waals surface area contributed by atoms with Crippen molar-refractivity contribution in [2.75, 3.05) is 10.5 Å². The van der Waals surface area contributed by atoms with E-state index in [1.165, 1.54) is 0 Å². The summed E-state index contributed by atoms with van der Waals surface area (Å²) in [5, 5.41) is 19.9. The Hall–Kier alpha value is -1.80. The molecule has 0 atom stereocenters. The van der Waals surface area contributed by atoms with Crippen LogP contribution in [0.15, 0.2) is 24.3 Å². The average molecular weight is 235 g/mol. The molecule has 88 valence electrons. The van der Waals surface area contributed by atoms with Gasteiger partial charge in [-0.1, -0.05) is 0 Å². The van der Waals surface area contributed by atoms with E-state index in [-0.39, 0.29) is 11.4 Å². The van der Waals surface area contributed by atoms with Crippen LogP contribution in [0.4, 0.5) is 24.5 Å². The minimum Gasteiger partial charge on any atom is -0.733 e. The van der Waals surface area contributed by atoms with Crippen LogP contribution in [0.3, 0.4) is 0 Å². The van der Waals surface area contributed by atoms with Crippen molar-refractivity contribution < 1.29 is 23.2 Å². The first-order chi connectivity index (χ1) is 7.30. The molecule has 1 rings (SSSR count). The van der Waals surface area contributed by atoms with E-state index in [0.717, 1.165) is 24.3 Å². The Balaban J connectivity index is 2.73. The van der Waals surface area contributed by atoms with Gasteiger partial charge in [0.05, 0.1) is 5.69 Å². The second-order valence-corrected chi connectivity index (χ2v) is 2.77. The first-order valence-corrected chi connectivity index (χ1v) is 3.95. The Bertz CT molecular complexity index is 375. The largest absolute Gasteiger partial charge is 0.733 e. The van der Waals surface area contributed by atoms with Crippen LogP contribution in [0.5, 0.6) is 0 Å². The van der Waals surface area contributed by atoms with Crippen molar-refractivity contribution in [1.82, 2.24) is 0 Å². The van der Waals surface area contributed by atoms with Crippen LogP contribution in [-0.4, -0.2) is 17.3 Å². The molecule has 8 heteroatoms. The van der Waals surface area contributed by atoms with Crippen molar-refractivity contribution in [2.24, 2.45) is 0 Å². The molecule has 0 saturated carbocycles. The van der Waals surface area contributed by atoms with Crippen molar-refractivity contribution >= 4 is 17.3 Å². The number of amides is 1. The lowest BCUT2D eigenvalue weighted by molar-refractivity contribution is -0.167. The molecule has 0 aromatic heterocycles. The van der Waals surface area contributed by atoms with Crippen LogP contribution in [0.25, 0.3) is 0 Å². The van der Waals surface area contributed by atoms with Gasteiger partial charge in [-0.05, 0) is 24.3 Å². The zero-order chi connectivity index (χ0) is 12.3. The monoisotopic (exact) mass is 235 g/mol. The van der Waals surface area contributed by atoms with Gasteiger partial charge in [-0.3, -0.25) is 10.0 Å². The molecule has 0 heterocycles. The third-order valence-electron chi connectivity index (χ3n) is 1.60. The number of carbonyl (C=O) groups excluding carboxylic acids is 1. The Kier molecular flexibility index (Phi) is 3.35. The Morgan fingerprint density at radius 2 is 1.81 bits per heavy atom. The molecule has 5 nitrogen and oxygen atoms in total. The lowest BCUT2D eigenvalue weighted by atomic mass is 10.3. The van der Waals surface area contributed by atoms with Gasteiger partial charge in [0.25, 0.3) is 0 Å². The summed E-state index contributed by atoms with van der Waals surface area (Å²) < 4.78 is 35.5. The fourth-order valence-corrected chi connectivity index (χ4v) is 0.874. The maximum atomic E-state index is 11.8. The lowest BCUT2D eigenvalue weighted by Crippen LogP contribution is -2.29. The molecule has 0 fully saturated rings. The first-order valence-electron chi connectivity index (χ1n) is 3.95. The smallest absolute Gasteiger partial charge is 0.471 e. The second-order valence-electron chi connectivity index (χ2n) is 2.77. The van der Waals surface area contributed by atoms with Crippen LogP contribution < -0.4 is 10.5 Å². The summed E-state index contributed by atoms with van der Waals surface area (Å²) in [5.41, 5.74) is -0.294. The molecule has 0 bridgehead atoms. The summed E-state index contributed by atoms with van der Waals surface area (Å²) in [6.45, 7) is 0. The van der Waals surface area contributed by atoms with E-state index >= 15 is 0 Å². The summed E-state index contributed by atoms with van der Waals surface area (Å²) in [4.78, 5) is 10.5. The summed E-state index contributed by atoms with van der Waals surface area (Å²) in [7, 11) is 0. The summed E-state index contributed by atoms with van der Waals surface area (Å²) in [5.74, 6) is -2.11. The van der Waals surface area contributed by atoms with Gasteiger partial charge < -0.3 is 15.8 Å². The summed E-state index contributed by atoms with van der Waals surface area (Å²) in [6.07, 6.45) is -4.97. The molecule has 1 aromatic rings. The molecule has 0 spiro atoms. The quantitative estimate of drug-likeness (QED) is 0.767. The molecule has 0 radical (unpaired) electrons. The highest BCUT2D eigenvalue weighted by molar-refractivity contribution is 5.95. The molecule has 0 aliphatic rings. The van der Waals surface area contributed by atoms with Crippen molar-refractivity contribution in [3.63, 3.8) is 0 Å². The number of hydrogen-bond acceptors (Lipinski definition) is 4. The van der Waals surface area contributed by atoms with Gasteiger partial charge >= 0.3 is 12.1 Å². The number of nitrogens with one attached hydrogen (secondary N) is 1. The van der Waals surface area contributed by atoms with Gasteiger partial charge in [-0.2, -0.15) is 13.2 Å². The van der Waals surface area contributed by atoms with Gasteiger partial charge in [0.15, 0.2) is 0 Å². The minimum atomic E-state index is -4.97. The fraction of sp³-hybridized carbons (Fsp3) is 0.125. The van der Waals surface area contributed by atoms with Crippen LogP contribution in [0.1, 0.15) is 0 Å². The van der Waals surface area contributed by atoms with Crippen LogP contribution >= 0.6 is 0 Å². The molecule has 0 unspecified atom stereocenters. The van der Waals surface area contributed by atoms with E-state index < -0.39 is 17.3 Å². The van der Waals surface area contributed by atoms with Gasteiger partial charge in [-0.25, -0.2) is 0 Å². The van der Waals surface area contributed by atoms with E-state index in [2.05, 4.69) is 0 Å². The average Bonchev–Trinajstić information content (AvgIpc) is 2.17. The predicted octanol–water partition coefficient (Wildman–Crippen LogP) is 1.88. The first kappa shape index (κ1) is 12.3. The van der Waals surface area contributed by atoms with E-state index in [4.69, 9.17) is 5.21 Å². The third-order valence-corrected chi connectivity index (χ3v) is 1.60. The number of benzene rings is 1. The third kappa shape index (κ3) is 3.11. The van der Waals surface area contributed by atoms with Gasteiger partial charge in [-0.15, -0.1) is 0 Å². The number of halogens is 3. The molecular weight excluding hydrogens is 229 g/mol. The van der Waals surface area contributed by atoms with Crippen molar-refractivity contribution in [3.8, 4) is 0 Å². The van der Waals surface area contributed by atoms with Crippen molar-refractivity contribution in [1.29, 1.82) is 0 Å². The zero-order valence-corrected chi connectivity index (χ0v) is 7.65. The Morgan fingerprint density at radius 1 is 1.31 bits per heavy atom. The molecule has 0 aliphatic heterocycles. The van der Waals surface area contributed by atoms with Crippen molar-refractivity contribution in [3.05, 3.63) is 29.5 Å². The highest BCUT2D eigenvalue weighted by Crippen LogP contribution is 2.20. The maximum Gasteiger partial charge on any atom is 0.471 e. The van der Waals surface area contributed by atoms with Gasteiger partial charge in [0.2, 0.25) is 0 Å². The number of nitrogens with zero attached hydrogens (tertiary/aromatic N) is 1. The normalized spacial score (nSPS) is 11.1. The molecule has 0 saturated heterocycles. The van der Waals surface area contributed by atoms with E-state index in [9.17, 15) is 23.2 Å². The summed E-state index contributed by atoms with van der Waals surface area (Å²) in [6, 6.07) is 4.22. The highest BCUT2D eigenvalue weighted by atomic mass is 19.4. The molecule has 1 amide bonds. The SMILES string of the molecule is O=C(Nc1ccc(N([O-])O)cc1)C(F)(F)F. The minimum absolute atomic E-state index is 0.132. The number of rotatable bonds is 2. The van der Waals surface area contributed by atoms with E-state index in [1.807, 2.05) is 0 Å². The predicted molar refractivity (Wildman–Crippen MR) is 48.8 cm³/mol. The highest BCUT2D eigenvalue weighted by Gasteiger charge is 2.38. The number of anilines is 2. The number of alkyl halides is 3. The number of hydrogen-bond donors (Lipinski definition) is 2. The van der Waals surface area contributed by atoms with Crippen LogP contribution in [0.2, 0.25) is 0 Å².